The van der Waals surface area contributed by atoms with Crippen LogP contribution in [0.3, 0.4) is 0 Å². The highest BCUT2D eigenvalue weighted by Gasteiger charge is 2.56. The van der Waals surface area contributed by atoms with Gasteiger partial charge in [0.25, 0.3) is 11.7 Å². The molecule has 3 N–H and O–H groups in total. The molecule has 1 aliphatic carbocycles. The molecule has 3 aliphatic heterocycles. The van der Waals surface area contributed by atoms with Crippen LogP contribution in [0.4, 0.5) is 0 Å². The summed E-state index contributed by atoms with van der Waals surface area (Å²) in [5.74, 6) is -7.06. The number of cyclic esters (lactones) is 1. The van der Waals surface area contributed by atoms with Gasteiger partial charge in [-0.05, 0) is 109 Å². The Hall–Kier alpha value is -3.11. The highest BCUT2D eigenvalue weighted by atomic mass is 16.7. The van der Waals surface area contributed by atoms with Gasteiger partial charge in [0, 0.05) is 57.8 Å². The Bertz CT molecular complexity index is 1640. The second-order valence-corrected chi connectivity index (χ2v) is 18.4. The molecule has 2 saturated heterocycles. The number of hydrogen-bond donors (Lipinski definition) is 3. The SMILES string of the molecule is C.C=CC[C@@H]1/C=C(\C)C[C@H](C)C[C@H](OC)[C@H]2O[C@@](O)(C(=O)C(=O)N3CCCC[C@H]3C(=O)O[C@H](/C(C)=C/[C@@H]3CC[C@@H](O)[C@H](OC)C3)[C@H](C)[C@@H](O)C/C1=N/N=C(C)C)[C@H](C)C[C@@H]2OC. The molecule has 1 saturated carbocycles. The Balaban J connectivity index is 0.0000102. The van der Waals surface area contributed by atoms with Gasteiger partial charge in [-0.2, -0.15) is 10.2 Å². The van der Waals surface area contributed by atoms with Crippen LogP contribution in [0.25, 0.3) is 0 Å². The van der Waals surface area contributed by atoms with Crippen LogP contribution in [0.5, 0.6) is 0 Å². The second kappa shape index (κ2) is 24.3. The van der Waals surface area contributed by atoms with E-state index in [-0.39, 0.29) is 57.1 Å². The van der Waals surface area contributed by atoms with Crippen LogP contribution in [0.1, 0.15) is 127 Å². The van der Waals surface area contributed by atoms with Crippen molar-refractivity contribution in [1.29, 1.82) is 0 Å². The van der Waals surface area contributed by atoms with E-state index in [1.165, 1.54) is 4.90 Å². The fraction of sp³-hybridized carbons (Fsp3) is 0.771. The fourth-order valence-corrected chi connectivity index (χ4v) is 9.72. The van der Waals surface area contributed by atoms with Crippen molar-refractivity contribution in [2.75, 3.05) is 27.9 Å². The van der Waals surface area contributed by atoms with Crippen molar-refractivity contribution in [2.24, 2.45) is 39.8 Å². The van der Waals surface area contributed by atoms with Crippen molar-refractivity contribution in [2.45, 2.75) is 181 Å². The minimum atomic E-state index is -2.50. The average Bonchev–Trinajstić information content (AvgIpc) is 3.23. The van der Waals surface area contributed by atoms with E-state index >= 15 is 0 Å². The monoisotopic (exact) mass is 874 g/mol. The third kappa shape index (κ3) is 13.2. The molecule has 0 aromatic rings. The number of allylic oxidation sites excluding steroid dienone is 4. The number of ether oxygens (including phenoxy) is 5. The summed E-state index contributed by atoms with van der Waals surface area (Å²) in [6.07, 6.45) is 6.32. The number of amides is 1. The minimum absolute atomic E-state index is 0. The first-order valence-electron chi connectivity index (χ1n) is 22.3. The van der Waals surface area contributed by atoms with Crippen LogP contribution in [-0.2, 0) is 38.1 Å². The number of carbonyl (C=O) groups is 3. The number of aliphatic hydroxyl groups is 3. The lowest BCUT2D eigenvalue weighted by atomic mass is 9.81. The topological polar surface area (TPSA) is 186 Å². The molecule has 62 heavy (non-hydrogen) atoms. The molecular formula is C48H79N3O11. The molecule has 14 nitrogen and oxygen atoms in total. The van der Waals surface area contributed by atoms with Crippen molar-refractivity contribution in [1.82, 2.24) is 4.90 Å². The highest BCUT2D eigenvalue weighted by molar-refractivity contribution is 6.39. The number of piperidine rings is 1. The van der Waals surface area contributed by atoms with Crippen molar-refractivity contribution >= 4 is 29.1 Å². The highest BCUT2D eigenvalue weighted by Crippen LogP contribution is 2.39. The van der Waals surface area contributed by atoms with Gasteiger partial charge >= 0.3 is 5.97 Å². The van der Waals surface area contributed by atoms with E-state index in [1.54, 1.807) is 28.3 Å². The zero-order valence-corrected chi connectivity index (χ0v) is 38.4. The lowest BCUT2D eigenvalue weighted by Crippen LogP contribution is -2.64. The molecule has 352 valence electrons. The minimum Gasteiger partial charge on any atom is -0.456 e. The Morgan fingerprint density at radius 2 is 1.60 bits per heavy atom. The molecule has 1 amide bonds. The van der Waals surface area contributed by atoms with Crippen molar-refractivity contribution in [3.05, 3.63) is 36.0 Å². The number of rotatable bonds is 8. The normalized spacial score (nSPS) is 39.0. The standard InChI is InChI=1S/C47H75N3O11.CH4/c1-12-15-34-21-28(4)20-29(5)22-40(58-10)43-41(59-11)24-31(7)47(56,61-43)44(53)45(54)50-19-14-13-16-36(50)46(55)60-42(32(8)38(52)26-35(34)49-48-27(2)3)30(6)23-33-17-18-37(51)39(25-33)57-9;/h12,21,23,29,31-34,36-43,51-52,56H,1,13-20,22,24-26H2,2-11H3;1H4/b28-21+,30-23+,49-35-;/t29-,31+,32+,33-,34+,36-,37+,38-,39+,40-,41-,42+,43+,47+;/m0./s1. The third-order valence-corrected chi connectivity index (χ3v) is 13.3. The van der Waals surface area contributed by atoms with Gasteiger partial charge in [-0.25, -0.2) is 4.79 Å². The molecule has 14 atom stereocenters. The van der Waals surface area contributed by atoms with E-state index in [4.69, 9.17) is 28.8 Å². The largest absolute Gasteiger partial charge is 0.456 e. The van der Waals surface area contributed by atoms with Gasteiger partial charge in [0.2, 0.25) is 5.79 Å². The first kappa shape index (κ1) is 53.2. The number of carbonyl (C=O) groups excluding carboxylic acids is 3. The van der Waals surface area contributed by atoms with Crippen LogP contribution in [0.2, 0.25) is 0 Å². The maximum Gasteiger partial charge on any atom is 0.329 e. The van der Waals surface area contributed by atoms with E-state index in [0.29, 0.717) is 62.7 Å². The summed E-state index contributed by atoms with van der Waals surface area (Å²) in [6, 6.07) is -1.12. The molecule has 0 spiro atoms. The van der Waals surface area contributed by atoms with E-state index in [2.05, 4.69) is 24.7 Å². The van der Waals surface area contributed by atoms with Crippen molar-refractivity contribution in [3.8, 4) is 0 Å². The molecule has 14 heteroatoms. The molecule has 4 aliphatic rings. The Labute approximate surface area is 371 Å². The fourth-order valence-electron chi connectivity index (χ4n) is 9.72. The quantitative estimate of drug-likeness (QED) is 0.0791. The van der Waals surface area contributed by atoms with Crippen LogP contribution in [0.15, 0.2) is 46.2 Å². The Morgan fingerprint density at radius 3 is 2.23 bits per heavy atom. The summed E-state index contributed by atoms with van der Waals surface area (Å²) in [6.45, 7) is 17.3. The van der Waals surface area contributed by atoms with E-state index in [0.717, 1.165) is 11.3 Å². The smallest absolute Gasteiger partial charge is 0.329 e. The number of esters is 1. The van der Waals surface area contributed by atoms with E-state index < -0.39 is 77.9 Å². The number of hydrogen-bond acceptors (Lipinski definition) is 13. The maximum absolute atomic E-state index is 14.5. The zero-order valence-electron chi connectivity index (χ0n) is 38.4. The zero-order chi connectivity index (χ0) is 45.2. The molecular weight excluding hydrogens is 795 g/mol. The lowest BCUT2D eigenvalue weighted by Gasteiger charge is -2.47. The number of aliphatic hydroxyl groups excluding tert-OH is 2. The molecule has 2 bridgehead atoms. The van der Waals surface area contributed by atoms with Crippen LogP contribution in [-0.4, -0.2) is 132 Å². The molecule has 4 rings (SSSR count). The molecule has 3 heterocycles. The summed E-state index contributed by atoms with van der Waals surface area (Å²) in [5.41, 5.74) is 3.18. The van der Waals surface area contributed by atoms with E-state index in [9.17, 15) is 29.7 Å². The maximum atomic E-state index is 14.5. The summed E-state index contributed by atoms with van der Waals surface area (Å²) in [4.78, 5) is 44.4. The molecule has 0 aromatic carbocycles. The van der Waals surface area contributed by atoms with Gasteiger partial charge in [-0.3, -0.25) is 9.59 Å². The van der Waals surface area contributed by atoms with Gasteiger partial charge in [0.15, 0.2) is 0 Å². The van der Waals surface area contributed by atoms with Gasteiger partial charge in [0.1, 0.15) is 18.2 Å². The summed E-state index contributed by atoms with van der Waals surface area (Å²) in [5, 5.41) is 43.9. The van der Waals surface area contributed by atoms with Gasteiger partial charge < -0.3 is 43.9 Å². The summed E-state index contributed by atoms with van der Waals surface area (Å²) >= 11 is 0. The van der Waals surface area contributed by atoms with Crippen molar-refractivity contribution < 1.29 is 53.4 Å². The lowest BCUT2D eigenvalue weighted by molar-refractivity contribution is -0.302. The van der Waals surface area contributed by atoms with Gasteiger partial charge in [-0.15, -0.1) is 6.58 Å². The first-order valence-corrected chi connectivity index (χ1v) is 22.3. The molecule has 0 radical (unpaired) electrons. The second-order valence-electron chi connectivity index (χ2n) is 18.4. The van der Waals surface area contributed by atoms with Crippen LogP contribution < -0.4 is 0 Å². The predicted octanol–water partition coefficient (Wildman–Crippen LogP) is 6.54. The Morgan fingerprint density at radius 1 is 0.935 bits per heavy atom. The number of Topliss-reactive ketones (excluding diaryl/α,β-unsaturated/α-hetero) is 1. The number of methoxy groups -OCH3 is 3. The summed E-state index contributed by atoms with van der Waals surface area (Å²) in [7, 11) is 4.68. The molecule has 3 fully saturated rings. The molecule has 0 unspecified atom stereocenters. The van der Waals surface area contributed by atoms with E-state index in [1.807, 2.05) is 46.8 Å². The first-order chi connectivity index (χ1) is 28.9. The number of fused-ring (bicyclic) bond motifs is 3. The summed E-state index contributed by atoms with van der Waals surface area (Å²) < 4.78 is 30.1. The molecule has 0 aromatic heterocycles. The third-order valence-electron chi connectivity index (χ3n) is 13.3. The van der Waals surface area contributed by atoms with Gasteiger partial charge in [-0.1, -0.05) is 52.0 Å². The van der Waals surface area contributed by atoms with Crippen molar-refractivity contribution in [3.63, 3.8) is 0 Å². The van der Waals surface area contributed by atoms with Gasteiger partial charge in [0.05, 0.1) is 36.2 Å². The number of nitrogens with zero attached hydrogens (tertiary/aromatic N) is 3. The Kier molecular flexibility index (Phi) is 20.8. The number of ketones is 1. The van der Waals surface area contributed by atoms with Crippen LogP contribution >= 0.6 is 0 Å². The average molecular weight is 874 g/mol. The van der Waals surface area contributed by atoms with Crippen LogP contribution in [0, 0.1) is 29.6 Å². The predicted molar refractivity (Wildman–Crippen MR) is 241 cm³/mol.